The normalized spacial score (nSPS) is 28.4. The molecule has 1 saturated carbocycles. The van der Waals surface area contributed by atoms with Crippen molar-refractivity contribution in [3.63, 3.8) is 0 Å². The third-order valence-corrected chi connectivity index (χ3v) is 3.24. The number of amides is 1. The zero-order valence-electron chi connectivity index (χ0n) is 9.64. The van der Waals surface area contributed by atoms with Crippen molar-refractivity contribution >= 4 is 11.9 Å². The number of carboxylic acids is 1. The van der Waals surface area contributed by atoms with E-state index >= 15 is 0 Å². The van der Waals surface area contributed by atoms with Gasteiger partial charge in [0.1, 0.15) is 0 Å². The Balaban J connectivity index is 2.58. The van der Waals surface area contributed by atoms with Gasteiger partial charge in [0, 0.05) is 5.92 Å². The van der Waals surface area contributed by atoms with Gasteiger partial charge in [0.2, 0.25) is 5.91 Å². The molecule has 0 saturated heterocycles. The molecular weight excluding hydrogens is 210 g/mol. The topological polar surface area (TPSA) is 86.6 Å². The molecule has 0 bridgehead atoms. The minimum absolute atomic E-state index is 0.111. The summed E-state index contributed by atoms with van der Waals surface area (Å²) in [6.07, 6.45) is 1.73. The number of hydrogen-bond donors (Lipinski definition) is 3. The molecule has 0 aromatic carbocycles. The Kier molecular flexibility index (Phi) is 4.29. The molecule has 0 spiro atoms. The van der Waals surface area contributed by atoms with Gasteiger partial charge >= 0.3 is 5.97 Å². The lowest BCUT2D eigenvalue weighted by Crippen LogP contribution is -2.49. The number of hydrogen-bond acceptors (Lipinski definition) is 3. The van der Waals surface area contributed by atoms with Crippen molar-refractivity contribution in [2.24, 2.45) is 11.8 Å². The van der Waals surface area contributed by atoms with Crippen molar-refractivity contribution < 1.29 is 19.8 Å². The van der Waals surface area contributed by atoms with Crippen LogP contribution in [0, 0.1) is 11.8 Å². The van der Waals surface area contributed by atoms with Crippen LogP contribution in [0.5, 0.6) is 0 Å². The summed E-state index contributed by atoms with van der Waals surface area (Å²) in [4.78, 5) is 22.6. The van der Waals surface area contributed by atoms with E-state index in [1.165, 1.54) is 6.92 Å². The first-order valence-corrected chi connectivity index (χ1v) is 5.64. The second kappa shape index (κ2) is 5.30. The van der Waals surface area contributed by atoms with E-state index in [0.717, 1.165) is 19.3 Å². The number of carbonyl (C=O) groups excluding carboxylic acids is 1. The van der Waals surface area contributed by atoms with Crippen LogP contribution in [-0.4, -0.2) is 34.2 Å². The zero-order valence-corrected chi connectivity index (χ0v) is 9.64. The van der Waals surface area contributed by atoms with Gasteiger partial charge in [-0.2, -0.15) is 0 Å². The highest BCUT2D eigenvalue weighted by molar-refractivity contribution is 5.85. The lowest BCUT2D eigenvalue weighted by Gasteiger charge is -2.21. The summed E-state index contributed by atoms with van der Waals surface area (Å²) in [6, 6.07) is -1.21. The van der Waals surface area contributed by atoms with Crippen molar-refractivity contribution in [3.05, 3.63) is 0 Å². The van der Waals surface area contributed by atoms with Gasteiger partial charge in [0.15, 0.2) is 6.04 Å². The highest BCUT2D eigenvalue weighted by Gasteiger charge is 2.33. The minimum atomic E-state index is -1.21. The zero-order chi connectivity index (χ0) is 12.3. The fraction of sp³-hybridized carbons (Fsp3) is 0.818. The summed E-state index contributed by atoms with van der Waals surface area (Å²) < 4.78 is 0. The summed E-state index contributed by atoms with van der Waals surface area (Å²) >= 11 is 0. The van der Waals surface area contributed by atoms with Crippen LogP contribution in [0.15, 0.2) is 0 Å². The molecule has 5 nitrogen and oxygen atoms in total. The van der Waals surface area contributed by atoms with E-state index in [0.29, 0.717) is 5.92 Å². The van der Waals surface area contributed by atoms with Crippen molar-refractivity contribution in [1.82, 2.24) is 5.32 Å². The molecule has 1 aliphatic rings. The second-order valence-corrected chi connectivity index (χ2v) is 4.58. The number of aliphatic carboxylic acids is 1. The van der Waals surface area contributed by atoms with Crippen LogP contribution < -0.4 is 5.32 Å². The average molecular weight is 229 g/mol. The molecule has 0 aromatic rings. The number of rotatable bonds is 4. The minimum Gasteiger partial charge on any atom is -0.480 e. The van der Waals surface area contributed by atoms with Crippen molar-refractivity contribution in [1.29, 1.82) is 0 Å². The Hall–Kier alpha value is -1.10. The van der Waals surface area contributed by atoms with Crippen LogP contribution in [0.4, 0.5) is 0 Å². The number of nitrogens with one attached hydrogen (secondary N) is 1. The summed E-state index contributed by atoms with van der Waals surface area (Å²) in [5.41, 5.74) is 0. The molecular formula is C11H19NO4. The highest BCUT2D eigenvalue weighted by Crippen LogP contribution is 2.31. The van der Waals surface area contributed by atoms with Gasteiger partial charge in [0.25, 0.3) is 0 Å². The molecule has 5 heteroatoms. The van der Waals surface area contributed by atoms with Crippen LogP contribution in [0.3, 0.4) is 0 Å². The third kappa shape index (κ3) is 2.95. The molecule has 16 heavy (non-hydrogen) atoms. The molecule has 1 amide bonds. The van der Waals surface area contributed by atoms with Crippen LogP contribution in [0.1, 0.15) is 33.1 Å². The Morgan fingerprint density at radius 3 is 2.38 bits per heavy atom. The van der Waals surface area contributed by atoms with Gasteiger partial charge in [-0.1, -0.05) is 13.3 Å². The predicted molar refractivity (Wildman–Crippen MR) is 57.8 cm³/mol. The Morgan fingerprint density at radius 1 is 1.38 bits per heavy atom. The summed E-state index contributed by atoms with van der Waals surface area (Å²) in [5, 5.41) is 20.5. The molecule has 1 rings (SSSR count). The summed E-state index contributed by atoms with van der Waals surface area (Å²) in [6.45, 7) is 3.35. The van der Waals surface area contributed by atoms with Gasteiger partial charge in [-0.15, -0.1) is 0 Å². The van der Waals surface area contributed by atoms with Crippen LogP contribution in [-0.2, 0) is 9.59 Å². The van der Waals surface area contributed by atoms with Gasteiger partial charge < -0.3 is 15.5 Å². The maximum absolute atomic E-state index is 11.8. The Bertz CT molecular complexity index is 277. The SMILES string of the molecule is CC1CCCC1C(=O)N[C@H](C(=O)O)[C@@H](C)O. The van der Waals surface area contributed by atoms with Crippen molar-refractivity contribution in [3.8, 4) is 0 Å². The van der Waals surface area contributed by atoms with Crippen molar-refractivity contribution in [2.45, 2.75) is 45.3 Å². The van der Waals surface area contributed by atoms with Crippen molar-refractivity contribution in [2.75, 3.05) is 0 Å². The van der Waals surface area contributed by atoms with Gasteiger partial charge in [-0.3, -0.25) is 4.79 Å². The van der Waals surface area contributed by atoms with E-state index in [-0.39, 0.29) is 11.8 Å². The molecule has 0 radical (unpaired) electrons. The van der Waals surface area contributed by atoms with E-state index in [9.17, 15) is 14.7 Å². The first-order valence-electron chi connectivity index (χ1n) is 5.64. The molecule has 0 aliphatic heterocycles. The van der Waals surface area contributed by atoms with E-state index in [4.69, 9.17) is 5.11 Å². The van der Waals surface area contributed by atoms with E-state index < -0.39 is 18.1 Å². The van der Waals surface area contributed by atoms with E-state index in [1.807, 2.05) is 6.92 Å². The lowest BCUT2D eigenvalue weighted by atomic mass is 9.96. The van der Waals surface area contributed by atoms with Crippen LogP contribution >= 0.6 is 0 Å². The fourth-order valence-electron chi connectivity index (χ4n) is 2.18. The van der Waals surface area contributed by atoms with Crippen LogP contribution in [0.25, 0.3) is 0 Å². The highest BCUT2D eigenvalue weighted by atomic mass is 16.4. The fourth-order valence-corrected chi connectivity index (χ4v) is 2.18. The predicted octanol–water partition coefficient (Wildman–Crippen LogP) is 0.373. The van der Waals surface area contributed by atoms with Gasteiger partial charge in [-0.05, 0) is 25.7 Å². The number of aliphatic hydroxyl groups excluding tert-OH is 1. The van der Waals surface area contributed by atoms with Gasteiger partial charge in [0.05, 0.1) is 6.10 Å². The molecule has 2 unspecified atom stereocenters. The number of aliphatic hydroxyl groups is 1. The van der Waals surface area contributed by atoms with Crippen LogP contribution in [0.2, 0.25) is 0 Å². The maximum atomic E-state index is 11.8. The molecule has 0 aromatic heterocycles. The van der Waals surface area contributed by atoms with E-state index in [2.05, 4.69) is 5.32 Å². The standard InChI is InChI=1S/C11H19NO4/c1-6-4-3-5-8(6)10(14)12-9(7(2)13)11(15)16/h6-9,13H,3-5H2,1-2H3,(H,12,14)(H,15,16)/t6?,7-,8?,9+/m1/s1. The summed E-state index contributed by atoms with van der Waals surface area (Å²) in [7, 11) is 0. The van der Waals surface area contributed by atoms with Gasteiger partial charge in [-0.25, -0.2) is 4.79 Å². The largest absolute Gasteiger partial charge is 0.480 e. The first kappa shape index (κ1) is 13.0. The molecule has 3 N–H and O–H groups in total. The molecule has 0 heterocycles. The monoisotopic (exact) mass is 229 g/mol. The second-order valence-electron chi connectivity index (χ2n) is 4.58. The molecule has 1 aliphatic carbocycles. The lowest BCUT2D eigenvalue weighted by molar-refractivity contribution is -0.145. The maximum Gasteiger partial charge on any atom is 0.328 e. The number of carboxylic acid groups (broad SMARTS) is 1. The molecule has 4 atom stereocenters. The summed E-state index contributed by atoms with van der Waals surface area (Å²) in [5.74, 6) is -1.27. The smallest absolute Gasteiger partial charge is 0.328 e. The average Bonchev–Trinajstić information content (AvgIpc) is 2.59. The molecule has 92 valence electrons. The first-order chi connectivity index (χ1) is 7.43. The number of carbonyl (C=O) groups is 2. The Morgan fingerprint density at radius 2 is 2.00 bits per heavy atom. The molecule has 1 fully saturated rings. The third-order valence-electron chi connectivity index (χ3n) is 3.24. The quantitative estimate of drug-likeness (QED) is 0.650. The Labute approximate surface area is 94.8 Å². The van der Waals surface area contributed by atoms with E-state index in [1.54, 1.807) is 0 Å².